The van der Waals surface area contributed by atoms with Gasteiger partial charge >= 0.3 is 0 Å². The molecule has 2 aromatic carbocycles. The predicted octanol–water partition coefficient (Wildman–Crippen LogP) is 1.81. The Hall–Kier alpha value is -3.55. The lowest BCUT2D eigenvalue weighted by atomic mass is 10.1. The fourth-order valence-electron chi connectivity index (χ4n) is 2.46. The van der Waals surface area contributed by atoms with Gasteiger partial charge in [0.1, 0.15) is 11.5 Å². The quantitative estimate of drug-likeness (QED) is 0.680. The molecular formula is C20H21N2O6-. The molecule has 0 radical (unpaired) electrons. The molecule has 0 fully saturated rings. The van der Waals surface area contributed by atoms with Crippen molar-refractivity contribution in [1.82, 2.24) is 0 Å². The molecule has 2 rings (SSSR count). The highest BCUT2D eigenvalue weighted by Crippen LogP contribution is 2.29. The predicted molar refractivity (Wildman–Crippen MR) is 101 cm³/mol. The van der Waals surface area contributed by atoms with Gasteiger partial charge in [0.2, 0.25) is 5.91 Å². The number of carbonyl (C=O) groups is 3. The number of nitrogens with one attached hydrogen (secondary N) is 2. The van der Waals surface area contributed by atoms with Crippen LogP contribution in [0.25, 0.3) is 0 Å². The van der Waals surface area contributed by atoms with Crippen LogP contribution in [0.3, 0.4) is 0 Å². The summed E-state index contributed by atoms with van der Waals surface area (Å²) in [6, 6.07) is 11.4. The van der Waals surface area contributed by atoms with Crippen molar-refractivity contribution in [2.24, 2.45) is 0 Å². The number of carboxylic acid groups (broad SMARTS) is 1. The zero-order valence-electron chi connectivity index (χ0n) is 15.6. The van der Waals surface area contributed by atoms with E-state index < -0.39 is 5.97 Å². The van der Waals surface area contributed by atoms with Gasteiger partial charge in [-0.2, -0.15) is 0 Å². The van der Waals surface area contributed by atoms with Crippen LogP contribution in [0.15, 0.2) is 42.5 Å². The normalized spacial score (nSPS) is 10.1. The maximum absolute atomic E-state index is 12.6. The molecule has 0 saturated heterocycles. The van der Waals surface area contributed by atoms with Crippen molar-refractivity contribution in [2.75, 3.05) is 24.9 Å². The van der Waals surface area contributed by atoms with Crippen molar-refractivity contribution in [3.05, 3.63) is 48.0 Å². The van der Waals surface area contributed by atoms with Gasteiger partial charge in [0.25, 0.3) is 5.91 Å². The monoisotopic (exact) mass is 385 g/mol. The molecule has 148 valence electrons. The second-order valence-corrected chi connectivity index (χ2v) is 5.87. The van der Waals surface area contributed by atoms with Crippen molar-refractivity contribution < 1.29 is 29.0 Å². The van der Waals surface area contributed by atoms with Gasteiger partial charge in [-0.3, -0.25) is 9.59 Å². The van der Waals surface area contributed by atoms with Gasteiger partial charge in [0.15, 0.2) is 0 Å². The zero-order valence-corrected chi connectivity index (χ0v) is 15.6. The lowest BCUT2D eigenvalue weighted by Crippen LogP contribution is -2.22. The van der Waals surface area contributed by atoms with E-state index in [1.54, 1.807) is 36.4 Å². The topological polar surface area (TPSA) is 117 Å². The lowest BCUT2D eigenvalue weighted by molar-refractivity contribution is -0.305. The summed E-state index contributed by atoms with van der Waals surface area (Å²) in [5, 5.41) is 15.8. The summed E-state index contributed by atoms with van der Waals surface area (Å²) in [6.07, 6.45) is 0.0492. The molecular weight excluding hydrogens is 364 g/mol. The number of hydrogen-bond acceptors (Lipinski definition) is 6. The third-order valence-corrected chi connectivity index (χ3v) is 3.85. The highest BCUT2D eigenvalue weighted by atomic mass is 16.5. The molecule has 0 aromatic heterocycles. The number of methoxy groups -OCH3 is 2. The van der Waals surface area contributed by atoms with Crippen molar-refractivity contribution in [3.8, 4) is 11.5 Å². The summed E-state index contributed by atoms with van der Waals surface area (Å²) in [4.78, 5) is 34.8. The summed E-state index contributed by atoms with van der Waals surface area (Å²) in [7, 11) is 3.01. The smallest absolute Gasteiger partial charge is 0.255 e. The summed E-state index contributed by atoms with van der Waals surface area (Å²) in [6.45, 7) is 0. The zero-order chi connectivity index (χ0) is 20.5. The van der Waals surface area contributed by atoms with E-state index in [0.29, 0.717) is 28.4 Å². The largest absolute Gasteiger partial charge is 0.550 e. The van der Waals surface area contributed by atoms with Gasteiger partial charge in [0, 0.05) is 29.7 Å². The fraction of sp³-hybridized carbons (Fsp3) is 0.250. The number of aliphatic carboxylic acids is 1. The minimum atomic E-state index is -1.19. The van der Waals surface area contributed by atoms with E-state index in [4.69, 9.17) is 9.47 Å². The Morgan fingerprint density at radius 2 is 1.75 bits per heavy atom. The van der Waals surface area contributed by atoms with Crippen molar-refractivity contribution in [2.45, 2.75) is 19.3 Å². The van der Waals surface area contributed by atoms with Crippen molar-refractivity contribution in [3.63, 3.8) is 0 Å². The minimum Gasteiger partial charge on any atom is -0.550 e. The van der Waals surface area contributed by atoms with Crippen LogP contribution in [-0.4, -0.2) is 32.0 Å². The maximum atomic E-state index is 12.6. The first kappa shape index (κ1) is 20.8. The van der Waals surface area contributed by atoms with Crippen molar-refractivity contribution in [1.29, 1.82) is 0 Å². The third-order valence-electron chi connectivity index (χ3n) is 3.85. The van der Waals surface area contributed by atoms with Gasteiger partial charge in [-0.25, -0.2) is 0 Å². The third kappa shape index (κ3) is 6.01. The summed E-state index contributed by atoms with van der Waals surface area (Å²) in [5.74, 6) is -0.882. The molecule has 8 heteroatoms. The van der Waals surface area contributed by atoms with Gasteiger partial charge in [0.05, 0.1) is 19.9 Å². The lowest BCUT2D eigenvalue weighted by Gasteiger charge is -2.12. The average Bonchev–Trinajstić information content (AvgIpc) is 2.67. The van der Waals surface area contributed by atoms with Gasteiger partial charge in [-0.15, -0.1) is 0 Å². The molecule has 0 atom stereocenters. The molecule has 0 saturated carbocycles. The average molecular weight is 385 g/mol. The molecule has 0 heterocycles. The Morgan fingerprint density at radius 3 is 2.43 bits per heavy atom. The standard InChI is InChI=1S/C20H22N2O6/c1-27-15-9-10-17(28-2)16(12-15)22-20(26)13-5-3-6-14(11-13)21-18(23)7-4-8-19(24)25/h3,5-6,9-12H,4,7-8H2,1-2H3,(H,21,23)(H,22,26)(H,24,25)/p-1. The Labute approximate surface area is 162 Å². The molecule has 8 nitrogen and oxygen atoms in total. The summed E-state index contributed by atoms with van der Waals surface area (Å²) in [5.41, 5.74) is 1.21. The Balaban J connectivity index is 2.06. The molecule has 0 aliphatic heterocycles. The minimum absolute atomic E-state index is 0.0470. The maximum Gasteiger partial charge on any atom is 0.255 e. The van der Waals surface area contributed by atoms with Gasteiger partial charge in [-0.05, 0) is 43.2 Å². The second kappa shape index (κ2) is 9.96. The number of hydrogen-bond donors (Lipinski definition) is 2. The number of rotatable bonds is 9. The van der Waals surface area contributed by atoms with Crippen LogP contribution >= 0.6 is 0 Å². The highest BCUT2D eigenvalue weighted by Gasteiger charge is 2.12. The van der Waals surface area contributed by atoms with E-state index in [-0.39, 0.29) is 31.1 Å². The fourth-order valence-corrected chi connectivity index (χ4v) is 2.46. The second-order valence-electron chi connectivity index (χ2n) is 5.87. The van der Waals surface area contributed by atoms with Crippen LogP contribution in [0.1, 0.15) is 29.6 Å². The summed E-state index contributed by atoms with van der Waals surface area (Å²) >= 11 is 0. The first-order valence-corrected chi connectivity index (χ1v) is 8.56. The molecule has 2 amide bonds. The molecule has 2 N–H and O–H groups in total. The van der Waals surface area contributed by atoms with Crippen LogP contribution in [0.4, 0.5) is 11.4 Å². The molecule has 0 bridgehead atoms. The van der Waals surface area contributed by atoms with Crippen LogP contribution < -0.4 is 25.2 Å². The number of carboxylic acids is 1. The Morgan fingerprint density at radius 1 is 0.964 bits per heavy atom. The first-order valence-electron chi connectivity index (χ1n) is 8.56. The summed E-state index contributed by atoms with van der Waals surface area (Å²) < 4.78 is 10.4. The highest BCUT2D eigenvalue weighted by molar-refractivity contribution is 6.06. The van der Waals surface area contributed by atoms with E-state index in [9.17, 15) is 19.5 Å². The van der Waals surface area contributed by atoms with Crippen molar-refractivity contribution >= 4 is 29.2 Å². The number of benzene rings is 2. The molecule has 2 aromatic rings. The van der Waals surface area contributed by atoms with Crippen LogP contribution in [0.2, 0.25) is 0 Å². The SMILES string of the molecule is COc1ccc(OC)c(NC(=O)c2cccc(NC(=O)CCCC(=O)[O-])c2)c1. The van der Waals surface area contributed by atoms with Crippen LogP contribution in [-0.2, 0) is 9.59 Å². The van der Waals surface area contributed by atoms with Crippen LogP contribution in [0.5, 0.6) is 11.5 Å². The van der Waals surface area contributed by atoms with E-state index >= 15 is 0 Å². The van der Waals surface area contributed by atoms with E-state index in [1.807, 2.05) is 0 Å². The van der Waals surface area contributed by atoms with E-state index in [0.717, 1.165) is 0 Å². The van der Waals surface area contributed by atoms with E-state index in [2.05, 4.69) is 10.6 Å². The number of carbonyl (C=O) groups excluding carboxylic acids is 3. The molecule has 0 unspecified atom stereocenters. The Bertz CT molecular complexity index is 866. The molecule has 0 aliphatic carbocycles. The number of amides is 2. The first-order chi connectivity index (χ1) is 13.4. The number of anilines is 2. The molecule has 0 spiro atoms. The van der Waals surface area contributed by atoms with Gasteiger partial charge < -0.3 is 30.0 Å². The van der Waals surface area contributed by atoms with Gasteiger partial charge in [-0.1, -0.05) is 6.07 Å². The van der Waals surface area contributed by atoms with Crippen LogP contribution in [0, 0.1) is 0 Å². The molecule has 0 aliphatic rings. The molecule has 28 heavy (non-hydrogen) atoms. The van der Waals surface area contributed by atoms with E-state index in [1.165, 1.54) is 20.3 Å². The number of ether oxygens (including phenoxy) is 2. The Kier molecular flexibility index (Phi) is 7.38.